The van der Waals surface area contributed by atoms with Crippen LogP contribution in [0.1, 0.15) is 17.3 Å². The third-order valence-corrected chi connectivity index (χ3v) is 3.11. The maximum atomic E-state index is 11.5. The summed E-state index contributed by atoms with van der Waals surface area (Å²) in [6, 6.07) is 10.3. The van der Waals surface area contributed by atoms with Gasteiger partial charge in [-0.15, -0.1) is 0 Å². The largest absolute Gasteiger partial charge is 0.494 e. The highest BCUT2D eigenvalue weighted by Gasteiger charge is 2.13. The van der Waals surface area contributed by atoms with Gasteiger partial charge in [-0.3, -0.25) is 4.79 Å². The summed E-state index contributed by atoms with van der Waals surface area (Å²) in [7, 11) is 0. The van der Waals surface area contributed by atoms with Crippen LogP contribution in [0, 0.1) is 0 Å². The first kappa shape index (κ1) is 15.0. The summed E-state index contributed by atoms with van der Waals surface area (Å²) in [6.45, 7) is 2.52. The molecule has 21 heavy (non-hydrogen) atoms. The number of anilines is 3. The lowest BCUT2D eigenvalue weighted by Gasteiger charge is -2.13. The molecule has 6 heteroatoms. The maximum absolute atomic E-state index is 11.5. The third kappa shape index (κ3) is 3.58. The van der Waals surface area contributed by atoms with Crippen LogP contribution in [-0.4, -0.2) is 12.5 Å². The second kappa shape index (κ2) is 6.37. The summed E-state index contributed by atoms with van der Waals surface area (Å²) >= 11 is 6.13. The Morgan fingerprint density at radius 2 is 1.95 bits per heavy atom. The monoisotopic (exact) mass is 305 g/mol. The second-order valence-electron chi connectivity index (χ2n) is 4.37. The fraction of sp³-hybridized carbons (Fsp3) is 0.133. The first-order chi connectivity index (χ1) is 10.0. The third-order valence-electron chi connectivity index (χ3n) is 2.81. The summed E-state index contributed by atoms with van der Waals surface area (Å²) in [5.41, 5.74) is 12.8. The average molecular weight is 306 g/mol. The van der Waals surface area contributed by atoms with Gasteiger partial charge in [0.15, 0.2) is 0 Å². The average Bonchev–Trinajstić information content (AvgIpc) is 2.43. The van der Waals surface area contributed by atoms with Crippen LogP contribution in [0.15, 0.2) is 36.4 Å². The summed E-state index contributed by atoms with van der Waals surface area (Å²) in [5.74, 6) is 0.166. The van der Waals surface area contributed by atoms with Crippen LogP contribution < -0.4 is 21.5 Å². The highest BCUT2D eigenvalue weighted by Crippen LogP contribution is 2.32. The Hall–Kier alpha value is -2.40. The van der Waals surface area contributed by atoms with Crippen LogP contribution in [0.3, 0.4) is 0 Å². The minimum absolute atomic E-state index is 0.244. The van der Waals surface area contributed by atoms with Gasteiger partial charge >= 0.3 is 0 Å². The van der Waals surface area contributed by atoms with Crippen molar-refractivity contribution in [2.24, 2.45) is 5.73 Å². The van der Waals surface area contributed by atoms with E-state index < -0.39 is 5.91 Å². The van der Waals surface area contributed by atoms with E-state index in [1.807, 2.05) is 31.2 Å². The van der Waals surface area contributed by atoms with Crippen molar-refractivity contribution in [1.29, 1.82) is 0 Å². The molecule has 2 aromatic carbocycles. The molecule has 5 nitrogen and oxygen atoms in total. The summed E-state index contributed by atoms with van der Waals surface area (Å²) < 4.78 is 5.37. The number of benzene rings is 2. The number of hydrogen-bond acceptors (Lipinski definition) is 4. The zero-order chi connectivity index (χ0) is 15.4. The van der Waals surface area contributed by atoms with E-state index in [1.54, 1.807) is 6.07 Å². The van der Waals surface area contributed by atoms with Gasteiger partial charge in [-0.05, 0) is 43.3 Å². The molecule has 0 atom stereocenters. The molecule has 0 heterocycles. The molecule has 0 unspecified atom stereocenters. The zero-order valence-electron chi connectivity index (χ0n) is 11.5. The van der Waals surface area contributed by atoms with Crippen molar-refractivity contribution >= 4 is 34.6 Å². The van der Waals surface area contributed by atoms with Crippen LogP contribution >= 0.6 is 11.6 Å². The molecule has 0 saturated carbocycles. The predicted molar refractivity (Wildman–Crippen MR) is 85.3 cm³/mol. The number of rotatable bonds is 5. The Labute approximate surface area is 127 Å². The van der Waals surface area contributed by atoms with Crippen molar-refractivity contribution in [3.63, 3.8) is 0 Å². The number of carbonyl (C=O) groups is 1. The normalized spacial score (nSPS) is 10.2. The lowest BCUT2D eigenvalue weighted by atomic mass is 10.1. The van der Waals surface area contributed by atoms with Crippen molar-refractivity contribution in [3.8, 4) is 5.75 Å². The van der Waals surface area contributed by atoms with Gasteiger partial charge in [0.1, 0.15) is 5.75 Å². The van der Waals surface area contributed by atoms with Gasteiger partial charge < -0.3 is 21.5 Å². The Kier molecular flexibility index (Phi) is 4.55. The SMILES string of the molecule is CCOc1ccc(Nc2c(Cl)cc(N)cc2C(N)=O)cc1. The number of amides is 1. The lowest BCUT2D eigenvalue weighted by molar-refractivity contribution is 0.100. The number of carbonyl (C=O) groups excluding carboxylic acids is 1. The van der Waals surface area contributed by atoms with Gasteiger partial charge in [-0.2, -0.15) is 0 Å². The van der Waals surface area contributed by atoms with Crippen LogP contribution in [0.4, 0.5) is 17.1 Å². The molecule has 2 rings (SSSR count). The van der Waals surface area contributed by atoms with Gasteiger partial charge in [-0.1, -0.05) is 11.6 Å². The number of ether oxygens (including phenoxy) is 1. The molecule has 0 aliphatic carbocycles. The van der Waals surface area contributed by atoms with Gasteiger partial charge in [0, 0.05) is 11.4 Å². The maximum Gasteiger partial charge on any atom is 0.250 e. The van der Waals surface area contributed by atoms with E-state index in [2.05, 4.69) is 5.32 Å². The molecule has 0 radical (unpaired) electrons. The van der Waals surface area contributed by atoms with E-state index in [9.17, 15) is 4.79 Å². The van der Waals surface area contributed by atoms with E-state index >= 15 is 0 Å². The quantitative estimate of drug-likeness (QED) is 0.740. The topological polar surface area (TPSA) is 90.4 Å². The minimum Gasteiger partial charge on any atom is -0.494 e. The number of nitrogens with one attached hydrogen (secondary N) is 1. The first-order valence-corrected chi connectivity index (χ1v) is 6.77. The fourth-order valence-electron chi connectivity index (χ4n) is 1.89. The molecule has 0 aromatic heterocycles. The van der Waals surface area contributed by atoms with Crippen molar-refractivity contribution in [2.45, 2.75) is 6.92 Å². The molecular formula is C15H16ClN3O2. The fourth-order valence-corrected chi connectivity index (χ4v) is 2.17. The van der Waals surface area contributed by atoms with Gasteiger partial charge in [0.2, 0.25) is 0 Å². The molecule has 0 aliphatic heterocycles. The number of hydrogen-bond donors (Lipinski definition) is 3. The second-order valence-corrected chi connectivity index (χ2v) is 4.78. The highest BCUT2D eigenvalue weighted by atomic mass is 35.5. The molecule has 2 aromatic rings. The number of primary amides is 1. The number of nitrogens with two attached hydrogens (primary N) is 2. The first-order valence-electron chi connectivity index (χ1n) is 6.40. The molecular weight excluding hydrogens is 290 g/mol. The molecule has 0 aliphatic rings. The molecule has 5 N–H and O–H groups in total. The van der Waals surface area contributed by atoms with Crippen molar-refractivity contribution in [2.75, 3.05) is 17.7 Å². The molecule has 0 spiro atoms. The summed E-state index contributed by atoms with van der Waals surface area (Å²) in [6.07, 6.45) is 0. The van der Waals surface area contributed by atoms with E-state index in [-0.39, 0.29) is 5.56 Å². The van der Waals surface area contributed by atoms with E-state index in [4.69, 9.17) is 27.8 Å². The molecule has 110 valence electrons. The highest BCUT2D eigenvalue weighted by molar-refractivity contribution is 6.34. The molecule has 0 saturated heterocycles. The molecule has 0 bridgehead atoms. The van der Waals surface area contributed by atoms with Crippen molar-refractivity contribution < 1.29 is 9.53 Å². The molecule has 0 fully saturated rings. The Balaban J connectivity index is 2.32. The summed E-state index contributed by atoms with van der Waals surface area (Å²) in [4.78, 5) is 11.5. The van der Waals surface area contributed by atoms with Crippen LogP contribution in [0.5, 0.6) is 5.75 Å². The molecule has 1 amide bonds. The van der Waals surface area contributed by atoms with Crippen LogP contribution in [0.2, 0.25) is 5.02 Å². The Bertz CT molecular complexity index is 657. The van der Waals surface area contributed by atoms with E-state index in [0.717, 1.165) is 11.4 Å². The predicted octanol–water partition coefficient (Wildman–Crippen LogP) is 3.16. The van der Waals surface area contributed by atoms with E-state index in [0.29, 0.717) is 23.0 Å². The number of halogens is 1. The van der Waals surface area contributed by atoms with Crippen molar-refractivity contribution in [3.05, 3.63) is 47.0 Å². The van der Waals surface area contributed by atoms with Crippen LogP contribution in [0.25, 0.3) is 0 Å². The minimum atomic E-state index is -0.599. The lowest BCUT2D eigenvalue weighted by Crippen LogP contribution is -2.14. The van der Waals surface area contributed by atoms with Gasteiger partial charge in [0.05, 0.1) is 22.9 Å². The summed E-state index contributed by atoms with van der Waals surface area (Å²) in [5, 5.41) is 3.41. The van der Waals surface area contributed by atoms with Crippen LogP contribution in [-0.2, 0) is 0 Å². The standard InChI is InChI=1S/C15H16ClN3O2/c1-2-21-11-5-3-10(4-6-11)19-14-12(15(18)20)7-9(17)8-13(14)16/h3-8,19H,2,17H2,1H3,(H2,18,20). The Morgan fingerprint density at radius 1 is 1.29 bits per heavy atom. The number of nitrogen functional groups attached to an aromatic ring is 1. The van der Waals surface area contributed by atoms with E-state index in [1.165, 1.54) is 6.07 Å². The van der Waals surface area contributed by atoms with Gasteiger partial charge in [0.25, 0.3) is 5.91 Å². The smallest absolute Gasteiger partial charge is 0.250 e. The zero-order valence-corrected chi connectivity index (χ0v) is 12.3. The Morgan fingerprint density at radius 3 is 2.52 bits per heavy atom. The van der Waals surface area contributed by atoms with Crippen molar-refractivity contribution in [1.82, 2.24) is 0 Å². The van der Waals surface area contributed by atoms with Gasteiger partial charge in [-0.25, -0.2) is 0 Å².